The fourth-order valence-electron chi connectivity index (χ4n) is 1.97. The van der Waals surface area contributed by atoms with Crippen molar-refractivity contribution >= 4 is 5.82 Å². The number of nitrogens with one attached hydrogen (secondary N) is 1. The van der Waals surface area contributed by atoms with E-state index >= 15 is 0 Å². The van der Waals surface area contributed by atoms with E-state index in [1.165, 1.54) is 0 Å². The predicted octanol–water partition coefficient (Wildman–Crippen LogP) is 2.28. The Morgan fingerprint density at radius 2 is 2.32 bits per heavy atom. The van der Waals surface area contributed by atoms with Crippen LogP contribution in [0.4, 0.5) is 5.82 Å². The molecule has 1 aromatic heterocycles. The highest BCUT2D eigenvalue weighted by Crippen LogP contribution is 2.17. The van der Waals surface area contributed by atoms with Gasteiger partial charge in [-0.05, 0) is 12.8 Å². The van der Waals surface area contributed by atoms with Crippen molar-refractivity contribution in [3.8, 4) is 5.88 Å². The minimum absolute atomic E-state index is 0.493. The summed E-state index contributed by atoms with van der Waals surface area (Å²) in [7, 11) is 0. The second kappa shape index (κ2) is 7.28. The highest BCUT2D eigenvalue weighted by Gasteiger charge is 2.16. The van der Waals surface area contributed by atoms with E-state index in [0.717, 1.165) is 50.7 Å². The number of hydrogen-bond acceptors (Lipinski definition) is 5. The van der Waals surface area contributed by atoms with Crippen LogP contribution >= 0.6 is 0 Å². The maximum atomic E-state index is 5.78. The monoisotopic (exact) mass is 265 g/mol. The highest BCUT2D eigenvalue weighted by molar-refractivity contribution is 5.38. The molecule has 1 unspecified atom stereocenters. The fraction of sp³-hybridized carbons (Fsp3) is 0.714. The first-order valence-corrected chi connectivity index (χ1v) is 7.14. The van der Waals surface area contributed by atoms with Gasteiger partial charge in [-0.15, -0.1) is 0 Å². The smallest absolute Gasteiger partial charge is 0.218 e. The first-order valence-electron chi connectivity index (χ1n) is 7.14. The van der Waals surface area contributed by atoms with Gasteiger partial charge >= 0.3 is 0 Å². The van der Waals surface area contributed by atoms with Crippen molar-refractivity contribution in [2.75, 3.05) is 31.7 Å². The molecule has 1 atom stereocenters. The minimum atomic E-state index is 0.493. The molecule has 5 heteroatoms. The van der Waals surface area contributed by atoms with E-state index in [1.54, 1.807) is 0 Å². The molecule has 1 fully saturated rings. The Morgan fingerprint density at radius 1 is 1.42 bits per heavy atom. The Kier molecular flexibility index (Phi) is 5.39. The standard InChI is InChI=1S/C14H23N3O2/c1-3-6-15-13-8-14(17-12(4-2)16-13)19-10-11-5-7-18-9-11/h8,11H,3-7,9-10H2,1-2H3,(H,15,16,17). The first-order chi connectivity index (χ1) is 9.31. The number of hydrogen-bond donors (Lipinski definition) is 1. The Morgan fingerprint density at radius 3 is 3.00 bits per heavy atom. The summed E-state index contributed by atoms with van der Waals surface area (Å²) in [5.41, 5.74) is 0. The molecule has 0 amide bonds. The Bertz CT molecular complexity index is 392. The van der Waals surface area contributed by atoms with Crippen LogP contribution in [0.2, 0.25) is 0 Å². The van der Waals surface area contributed by atoms with Crippen molar-refractivity contribution in [3.63, 3.8) is 0 Å². The zero-order valence-electron chi connectivity index (χ0n) is 11.8. The predicted molar refractivity (Wildman–Crippen MR) is 74.6 cm³/mol. The molecule has 1 saturated heterocycles. The molecule has 0 aromatic carbocycles. The second-order valence-corrected chi connectivity index (χ2v) is 4.83. The molecule has 1 aliphatic heterocycles. The van der Waals surface area contributed by atoms with Crippen LogP contribution in [-0.4, -0.2) is 36.3 Å². The van der Waals surface area contributed by atoms with E-state index in [4.69, 9.17) is 9.47 Å². The minimum Gasteiger partial charge on any atom is -0.477 e. The number of aromatic nitrogens is 2. The summed E-state index contributed by atoms with van der Waals surface area (Å²) in [4.78, 5) is 8.85. The van der Waals surface area contributed by atoms with Crippen LogP contribution in [-0.2, 0) is 11.2 Å². The van der Waals surface area contributed by atoms with Gasteiger partial charge in [0, 0.05) is 31.6 Å². The zero-order valence-corrected chi connectivity index (χ0v) is 11.8. The fourth-order valence-corrected chi connectivity index (χ4v) is 1.97. The summed E-state index contributed by atoms with van der Waals surface area (Å²) in [5.74, 6) is 2.83. The van der Waals surface area contributed by atoms with Crippen LogP contribution in [0.15, 0.2) is 6.07 Å². The average Bonchev–Trinajstić information content (AvgIpc) is 2.96. The number of nitrogens with zero attached hydrogens (tertiary/aromatic N) is 2. The molecule has 19 heavy (non-hydrogen) atoms. The maximum Gasteiger partial charge on any atom is 0.218 e. The number of ether oxygens (including phenoxy) is 2. The van der Waals surface area contributed by atoms with Crippen molar-refractivity contribution in [2.45, 2.75) is 33.1 Å². The molecule has 1 N–H and O–H groups in total. The molecule has 106 valence electrons. The van der Waals surface area contributed by atoms with Crippen molar-refractivity contribution in [1.29, 1.82) is 0 Å². The molecule has 0 aliphatic carbocycles. The molecule has 1 aromatic rings. The highest BCUT2D eigenvalue weighted by atomic mass is 16.5. The van der Waals surface area contributed by atoms with Gasteiger partial charge < -0.3 is 14.8 Å². The van der Waals surface area contributed by atoms with Crippen molar-refractivity contribution < 1.29 is 9.47 Å². The molecule has 0 saturated carbocycles. The summed E-state index contributed by atoms with van der Waals surface area (Å²) in [5, 5.41) is 3.28. The molecular formula is C14H23N3O2. The topological polar surface area (TPSA) is 56.3 Å². The van der Waals surface area contributed by atoms with Crippen LogP contribution < -0.4 is 10.1 Å². The summed E-state index contributed by atoms with van der Waals surface area (Å²) in [6.45, 7) is 7.41. The molecule has 2 heterocycles. The lowest BCUT2D eigenvalue weighted by atomic mass is 10.1. The lowest BCUT2D eigenvalue weighted by Gasteiger charge is -2.12. The third kappa shape index (κ3) is 4.35. The SMILES string of the molecule is CCCNc1cc(OCC2CCOC2)nc(CC)n1. The van der Waals surface area contributed by atoms with Gasteiger partial charge in [0.2, 0.25) is 5.88 Å². The number of anilines is 1. The molecule has 0 radical (unpaired) electrons. The summed E-state index contributed by atoms with van der Waals surface area (Å²) < 4.78 is 11.1. The summed E-state index contributed by atoms with van der Waals surface area (Å²) >= 11 is 0. The van der Waals surface area contributed by atoms with Crippen LogP contribution in [0.25, 0.3) is 0 Å². The van der Waals surface area contributed by atoms with Crippen LogP contribution in [0.5, 0.6) is 5.88 Å². The second-order valence-electron chi connectivity index (χ2n) is 4.83. The van der Waals surface area contributed by atoms with E-state index in [2.05, 4.69) is 22.2 Å². The van der Waals surface area contributed by atoms with Gasteiger partial charge in [-0.3, -0.25) is 0 Å². The van der Waals surface area contributed by atoms with Crippen LogP contribution in [0.3, 0.4) is 0 Å². The van der Waals surface area contributed by atoms with E-state index < -0.39 is 0 Å². The van der Waals surface area contributed by atoms with E-state index in [-0.39, 0.29) is 0 Å². The maximum absolute atomic E-state index is 5.78. The van der Waals surface area contributed by atoms with E-state index in [0.29, 0.717) is 18.4 Å². The Balaban J connectivity index is 1.96. The van der Waals surface area contributed by atoms with Gasteiger partial charge in [-0.2, -0.15) is 4.98 Å². The van der Waals surface area contributed by atoms with E-state index in [9.17, 15) is 0 Å². The van der Waals surface area contributed by atoms with Gasteiger partial charge in [0.05, 0.1) is 13.2 Å². The number of rotatable bonds is 7. The summed E-state index contributed by atoms with van der Waals surface area (Å²) in [6.07, 6.45) is 2.96. The van der Waals surface area contributed by atoms with Crippen molar-refractivity contribution in [3.05, 3.63) is 11.9 Å². The number of aryl methyl sites for hydroxylation is 1. The van der Waals surface area contributed by atoms with Crippen LogP contribution in [0.1, 0.15) is 32.5 Å². The molecule has 1 aliphatic rings. The molecule has 2 rings (SSSR count). The lowest BCUT2D eigenvalue weighted by Crippen LogP contribution is -2.13. The summed E-state index contributed by atoms with van der Waals surface area (Å²) in [6, 6.07) is 1.88. The van der Waals surface area contributed by atoms with Gasteiger partial charge in [0.25, 0.3) is 0 Å². The van der Waals surface area contributed by atoms with Gasteiger partial charge in [-0.25, -0.2) is 4.98 Å². The van der Waals surface area contributed by atoms with Crippen molar-refractivity contribution in [1.82, 2.24) is 9.97 Å². The Hall–Kier alpha value is -1.36. The average molecular weight is 265 g/mol. The Labute approximate surface area is 114 Å². The third-order valence-electron chi connectivity index (χ3n) is 3.11. The molecule has 0 spiro atoms. The van der Waals surface area contributed by atoms with Gasteiger partial charge in [0.1, 0.15) is 11.6 Å². The van der Waals surface area contributed by atoms with Crippen LogP contribution in [0, 0.1) is 5.92 Å². The van der Waals surface area contributed by atoms with Crippen molar-refractivity contribution in [2.24, 2.45) is 5.92 Å². The molecule has 5 nitrogen and oxygen atoms in total. The normalized spacial score (nSPS) is 18.5. The molecular weight excluding hydrogens is 242 g/mol. The quantitative estimate of drug-likeness (QED) is 0.819. The van der Waals surface area contributed by atoms with E-state index in [1.807, 2.05) is 13.0 Å². The van der Waals surface area contributed by atoms with Gasteiger partial charge in [0.15, 0.2) is 0 Å². The van der Waals surface area contributed by atoms with Gasteiger partial charge in [-0.1, -0.05) is 13.8 Å². The molecule has 0 bridgehead atoms. The lowest BCUT2D eigenvalue weighted by molar-refractivity contribution is 0.165. The largest absolute Gasteiger partial charge is 0.477 e. The first kappa shape index (κ1) is 14.1. The zero-order chi connectivity index (χ0) is 13.5. The third-order valence-corrected chi connectivity index (χ3v) is 3.11.